The van der Waals surface area contributed by atoms with Crippen molar-refractivity contribution in [2.75, 3.05) is 13.7 Å². The molecule has 0 aliphatic rings. The molecule has 2 aromatic rings. The molecular formula is C14H19NO2. The standard InChI is InChI=1S/C14H19NO2/c1-10-12(5-4-8-16)13-7-6-11(17-3)9-14(13)15(10)2/h6-7,9,16H,4-5,8H2,1-3H3. The molecule has 0 fully saturated rings. The zero-order chi connectivity index (χ0) is 12.4. The molecule has 0 amide bonds. The highest BCUT2D eigenvalue weighted by Gasteiger charge is 2.11. The molecule has 2 rings (SSSR count). The lowest BCUT2D eigenvalue weighted by atomic mass is 10.1. The van der Waals surface area contributed by atoms with Crippen LogP contribution in [-0.4, -0.2) is 23.4 Å². The highest BCUT2D eigenvalue weighted by atomic mass is 16.5. The summed E-state index contributed by atoms with van der Waals surface area (Å²) in [5, 5.41) is 10.2. The van der Waals surface area contributed by atoms with E-state index in [0.29, 0.717) is 0 Å². The minimum Gasteiger partial charge on any atom is -0.497 e. The number of fused-ring (bicyclic) bond motifs is 1. The Balaban J connectivity index is 2.56. The number of aryl methyl sites for hydroxylation is 2. The van der Waals surface area contributed by atoms with E-state index in [0.717, 1.165) is 18.6 Å². The number of aliphatic hydroxyl groups excluding tert-OH is 1. The third-order valence-corrected chi connectivity index (χ3v) is 3.42. The summed E-state index contributed by atoms with van der Waals surface area (Å²) in [5.41, 5.74) is 3.79. The molecule has 0 bridgehead atoms. The van der Waals surface area contributed by atoms with Gasteiger partial charge >= 0.3 is 0 Å². The van der Waals surface area contributed by atoms with E-state index in [4.69, 9.17) is 9.84 Å². The van der Waals surface area contributed by atoms with Crippen LogP contribution in [0.4, 0.5) is 0 Å². The maximum Gasteiger partial charge on any atom is 0.120 e. The van der Waals surface area contributed by atoms with Gasteiger partial charge in [-0.2, -0.15) is 0 Å². The number of rotatable bonds is 4. The number of benzene rings is 1. The fourth-order valence-corrected chi connectivity index (χ4v) is 2.32. The molecule has 3 heteroatoms. The minimum atomic E-state index is 0.242. The van der Waals surface area contributed by atoms with E-state index in [1.54, 1.807) is 7.11 Å². The average Bonchev–Trinajstić information content (AvgIpc) is 2.60. The van der Waals surface area contributed by atoms with Gasteiger partial charge in [0.25, 0.3) is 0 Å². The number of hydrogen-bond acceptors (Lipinski definition) is 2. The fraction of sp³-hybridized carbons (Fsp3) is 0.429. The summed E-state index contributed by atoms with van der Waals surface area (Å²) < 4.78 is 7.44. The second-order valence-corrected chi connectivity index (χ2v) is 4.33. The van der Waals surface area contributed by atoms with Gasteiger partial charge in [-0.1, -0.05) is 0 Å². The van der Waals surface area contributed by atoms with Gasteiger partial charge in [0, 0.05) is 30.8 Å². The molecule has 0 unspecified atom stereocenters. The van der Waals surface area contributed by atoms with Crippen molar-refractivity contribution in [3.63, 3.8) is 0 Å². The van der Waals surface area contributed by atoms with Crippen molar-refractivity contribution in [1.82, 2.24) is 4.57 Å². The molecule has 1 aromatic heterocycles. The van der Waals surface area contributed by atoms with Gasteiger partial charge in [0.2, 0.25) is 0 Å². The molecule has 1 aromatic carbocycles. The van der Waals surface area contributed by atoms with Gasteiger partial charge in [-0.05, 0) is 37.5 Å². The quantitative estimate of drug-likeness (QED) is 0.880. The van der Waals surface area contributed by atoms with Gasteiger partial charge in [0.1, 0.15) is 5.75 Å². The number of hydrogen-bond donors (Lipinski definition) is 1. The zero-order valence-corrected chi connectivity index (χ0v) is 10.7. The smallest absolute Gasteiger partial charge is 0.120 e. The summed E-state index contributed by atoms with van der Waals surface area (Å²) >= 11 is 0. The van der Waals surface area contributed by atoms with Crippen LogP contribution in [0.25, 0.3) is 10.9 Å². The molecule has 0 aliphatic heterocycles. The highest BCUT2D eigenvalue weighted by molar-refractivity contribution is 5.86. The summed E-state index contributed by atoms with van der Waals surface area (Å²) in [4.78, 5) is 0. The summed E-state index contributed by atoms with van der Waals surface area (Å²) in [7, 11) is 3.75. The van der Waals surface area contributed by atoms with Crippen LogP contribution in [0.15, 0.2) is 18.2 Å². The van der Waals surface area contributed by atoms with E-state index in [1.807, 2.05) is 6.07 Å². The SMILES string of the molecule is COc1ccc2c(CCCO)c(C)n(C)c2c1. The van der Waals surface area contributed by atoms with Crippen molar-refractivity contribution in [3.8, 4) is 5.75 Å². The maximum atomic E-state index is 8.95. The van der Waals surface area contributed by atoms with Crippen molar-refractivity contribution in [3.05, 3.63) is 29.5 Å². The zero-order valence-electron chi connectivity index (χ0n) is 10.7. The largest absolute Gasteiger partial charge is 0.497 e. The normalized spacial score (nSPS) is 11.1. The van der Waals surface area contributed by atoms with Gasteiger partial charge in [-0.15, -0.1) is 0 Å². The first-order valence-corrected chi connectivity index (χ1v) is 5.91. The number of aliphatic hydroxyl groups is 1. The lowest BCUT2D eigenvalue weighted by Crippen LogP contribution is -1.94. The summed E-state index contributed by atoms with van der Waals surface area (Å²) in [5.74, 6) is 0.881. The molecule has 0 aliphatic carbocycles. The van der Waals surface area contributed by atoms with E-state index in [9.17, 15) is 0 Å². The van der Waals surface area contributed by atoms with Crippen molar-refractivity contribution >= 4 is 10.9 Å². The molecule has 3 nitrogen and oxygen atoms in total. The van der Waals surface area contributed by atoms with Crippen molar-refractivity contribution in [2.45, 2.75) is 19.8 Å². The third-order valence-electron chi connectivity index (χ3n) is 3.42. The predicted molar refractivity (Wildman–Crippen MR) is 69.6 cm³/mol. The Bertz CT molecular complexity index is 528. The van der Waals surface area contributed by atoms with Crippen LogP contribution in [0, 0.1) is 6.92 Å². The Morgan fingerprint density at radius 1 is 1.35 bits per heavy atom. The lowest BCUT2D eigenvalue weighted by molar-refractivity contribution is 0.288. The molecule has 0 atom stereocenters. The van der Waals surface area contributed by atoms with Crippen LogP contribution >= 0.6 is 0 Å². The van der Waals surface area contributed by atoms with Crippen molar-refractivity contribution in [2.24, 2.45) is 7.05 Å². The van der Waals surface area contributed by atoms with E-state index >= 15 is 0 Å². The van der Waals surface area contributed by atoms with Crippen LogP contribution in [0.2, 0.25) is 0 Å². The molecule has 1 heterocycles. The Kier molecular flexibility index (Phi) is 3.38. The van der Waals surface area contributed by atoms with E-state index in [2.05, 4.69) is 30.7 Å². The topological polar surface area (TPSA) is 34.4 Å². The monoisotopic (exact) mass is 233 g/mol. The molecule has 0 saturated heterocycles. The average molecular weight is 233 g/mol. The Hall–Kier alpha value is -1.48. The van der Waals surface area contributed by atoms with E-state index in [-0.39, 0.29) is 6.61 Å². The summed E-state index contributed by atoms with van der Waals surface area (Å²) in [6.45, 7) is 2.37. The molecule has 17 heavy (non-hydrogen) atoms. The minimum absolute atomic E-state index is 0.242. The Labute approximate surface area is 102 Å². The fourth-order valence-electron chi connectivity index (χ4n) is 2.32. The van der Waals surface area contributed by atoms with Crippen molar-refractivity contribution in [1.29, 1.82) is 0 Å². The second kappa shape index (κ2) is 4.80. The molecule has 92 valence electrons. The van der Waals surface area contributed by atoms with E-state index in [1.165, 1.54) is 22.2 Å². The number of methoxy groups -OCH3 is 1. The van der Waals surface area contributed by atoms with Crippen molar-refractivity contribution < 1.29 is 9.84 Å². The molecule has 0 radical (unpaired) electrons. The van der Waals surface area contributed by atoms with Crippen LogP contribution in [0.3, 0.4) is 0 Å². The number of nitrogens with zero attached hydrogens (tertiary/aromatic N) is 1. The van der Waals surface area contributed by atoms with Crippen LogP contribution in [0.1, 0.15) is 17.7 Å². The van der Waals surface area contributed by atoms with Gasteiger partial charge in [-0.3, -0.25) is 0 Å². The molecule has 0 spiro atoms. The first kappa shape index (κ1) is 12.0. The van der Waals surface area contributed by atoms with Gasteiger partial charge < -0.3 is 14.4 Å². The van der Waals surface area contributed by atoms with E-state index < -0.39 is 0 Å². The van der Waals surface area contributed by atoms with Gasteiger partial charge in [0.05, 0.1) is 12.6 Å². The van der Waals surface area contributed by atoms with Gasteiger partial charge in [0.15, 0.2) is 0 Å². The van der Waals surface area contributed by atoms with Crippen LogP contribution in [-0.2, 0) is 13.5 Å². The number of ether oxygens (including phenoxy) is 1. The molecule has 1 N–H and O–H groups in total. The molecule has 0 saturated carbocycles. The third kappa shape index (κ3) is 2.03. The van der Waals surface area contributed by atoms with Gasteiger partial charge in [-0.25, -0.2) is 0 Å². The lowest BCUT2D eigenvalue weighted by Gasteiger charge is -2.01. The first-order valence-electron chi connectivity index (χ1n) is 5.91. The Morgan fingerprint density at radius 2 is 2.12 bits per heavy atom. The Morgan fingerprint density at radius 3 is 2.76 bits per heavy atom. The second-order valence-electron chi connectivity index (χ2n) is 4.33. The first-order chi connectivity index (χ1) is 8.19. The van der Waals surface area contributed by atoms with Crippen LogP contribution in [0.5, 0.6) is 5.75 Å². The molecular weight excluding hydrogens is 214 g/mol. The number of aromatic nitrogens is 1. The predicted octanol–water partition coefficient (Wildman–Crippen LogP) is 2.42. The maximum absolute atomic E-state index is 8.95. The summed E-state index contributed by atoms with van der Waals surface area (Å²) in [6.07, 6.45) is 1.73. The summed E-state index contributed by atoms with van der Waals surface area (Å²) in [6, 6.07) is 6.16. The van der Waals surface area contributed by atoms with Crippen LogP contribution < -0.4 is 4.74 Å². The highest BCUT2D eigenvalue weighted by Crippen LogP contribution is 2.29.